The van der Waals surface area contributed by atoms with Gasteiger partial charge in [-0.2, -0.15) is 0 Å². The first-order valence-electron chi connectivity index (χ1n) is 8.13. The van der Waals surface area contributed by atoms with E-state index in [2.05, 4.69) is 17.3 Å². The third-order valence-corrected chi connectivity index (χ3v) is 5.09. The van der Waals surface area contributed by atoms with Gasteiger partial charge in [0.1, 0.15) is 0 Å². The lowest BCUT2D eigenvalue weighted by Crippen LogP contribution is -2.50. The van der Waals surface area contributed by atoms with E-state index in [1.165, 1.54) is 4.90 Å². The van der Waals surface area contributed by atoms with Crippen LogP contribution in [0.1, 0.15) is 25.7 Å². The molecule has 0 saturated carbocycles. The van der Waals surface area contributed by atoms with Gasteiger partial charge < -0.3 is 15.1 Å². The van der Waals surface area contributed by atoms with Crippen LogP contribution in [-0.2, 0) is 9.59 Å². The molecule has 3 heterocycles. The molecule has 3 rings (SSSR count). The van der Waals surface area contributed by atoms with Crippen LogP contribution < -0.4 is 5.32 Å². The molecule has 3 saturated heterocycles. The van der Waals surface area contributed by atoms with Crippen molar-refractivity contribution in [1.29, 1.82) is 0 Å². The quantitative estimate of drug-likeness (QED) is 0.721. The van der Waals surface area contributed by atoms with Gasteiger partial charge in [-0.15, -0.1) is 0 Å². The van der Waals surface area contributed by atoms with Gasteiger partial charge in [0.2, 0.25) is 11.8 Å². The number of urea groups is 1. The van der Waals surface area contributed by atoms with Gasteiger partial charge in [0.05, 0.1) is 6.54 Å². The highest BCUT2D eigenvalue weighted by molar-refractivity contribution is 6.02. The first kappa shape index (κ1) is 15.3. The molecule has 3 aliphatic heterocycles. The van der Waals surface area contributed by atoms with Crippen LogP contribution >= 0.6 is 0 Å². The molecule has 0 unspecified atom stereocenters. The molecule has 0 bridgehead atoms. The van der Waals surface area contributed by atoms with Crippen molar-refractivity contribution in [2.24, 2.45) is 5.92 Å². The Labute approximate surface area is 130 Å². The van der Waals surface area contributed by atoms with E-state index in [1.54, 1.807) is 0 Å². The number of amides is 4. The molecule has 0 spiro atoms. The summed E-state index contributed by atoms with van der Waals surface area (Å²) in [6, 6.07) is -0.346. The first-order valence-corrected chi connectivity index (χ1v) is 8.13. The number of imide groups is 1. The molecular formula is C15H24N4O3. The van der Waals surface area contributed by atoms with Crippen LogP contribution in [0.4, 0.5) is 4.79 Å². The summed E-state index contributed by atoms with van der Waals surface area (Å²) in [6.45, 7) is 3.36. The molecule has 0 aliphatic carbocycles. The zero-order valence-electron chi connectivity index (χ0n) is 13.1. The van der Waals surface area contributed by atoms with Crippen molar-refractivity contribution >= 4 is 17.8 Å². The molecule has 22 heavy (non-hydrogen) atoms. The number of likely N-dealkylation sites (tertiary alicyclic amines) is 2. The van der Waals surface area contributed by atoms with Gasteiger partial charge in [-0.05, 0) is 45.8 Å². The highest BCUT2D eigenvalue weighted by Crippen LogP contribution is 2.23. The number of nitrogens with one attached hydrogen (secondary N) is 1. The van der Waals surface area contributed by atoms with Crippen LogP contribution in [0.2, 0.25) is 0 Å². The monoisotopic (exact) mass is 308 g/mol. The van der Waals surface area contributed by atoms with Crippen molar-refractivity contribution in [3.63, 3.8) is 0 Å². The molecule has 7 nitrogen and oxygen atoms in total. The first-order chi connectivity index (χ1) is 10.6. The molecule has 3 fully saturated rings. The molecule has 0 radical (unpaired) electrons. The van der Waals surface area contributed by atoms with Gasteiger partial charge in [-0.25, -0.2) is 4.79 Å². The lowest BCUT2D eigenvalue weighted by Gasteiger charge is -2.38. The largest absolute Gasteiger partial charge is 0.342 e. The summed E-state index contributed by atoms with van der Waals surface area (Å²) in [4.78, 5) is 41.5. The standard InChI is InChI=1S/C15H24N4O3/c1-17-6-2-11(3-7-17)14(21)18-8-4-12(5-9-18)19-13(20)10-16-15(19)22/h11-12H,2-10H2,1H3,(H,16,22). The number of carbonyl (C=O) groups is 3. The van der Waals surface area contributed by atoms with Crippen LogP contribution in [-0.4, -0.2) is 78.4 Å². The molecule has 3 aliphatic rings. The maximum absolute atomic E-state index is 12.6. The van der Waals surface area contributed by atoms with E-state index < -0.39 is 0 Å². The summed E-state index contributed by atoms with van der Waals surface area (Å²) in [5.74, 6) is 0.248. The minimum Gasteiger partial charge on any atom is -0.342 e. The molecular weight excluding hydrogens is 284 g/mol. The summed E-state index contributed by atoms with van der Waals surface area (Å²) in [5, 5.41) is 2.56. The molecule has 0 aromatic rings. The Morgan fingerprint density at radius 3 is 2.23 bits per heavy atom. The van der Waals surface area contributed by atoms with Crippen molar-refractivity contribution in [3.8, 4) is 0 Å². The second-order valence-electron chi connectivity index (χ2n) is 6.56. The van der Waals surface area contributed by atoms with Gasteiger partial charge in [-0.1, -0.05) is 0 Å². The summed E-state index contributed by atoms with van der Waals surface area (Å²) < 4.78 is 0. The van der Waals surface area contributed by atoms with Gasteiger partial charge in [0.25, 0.3) is 0 Å². The lowest BCUT2D eigenvalue weighted by molar-refractivity contribution is -0.138. The summed E-state index contributed by atoms with van der Waals surface area (Å²) in [5.41, 5.74) is 0. The zero-order valence-corrected chi connectivity index (χ0v) is 13.1. The SMILES string of the molecule is CN1CCC(C(=O)N2CCC(N3C(=O)CNC3=O)CC2)CC1. The van der Waals surface area contributed by atoms with Crippen LogP contribution in [0, 0.1) is 5.92 Å². The third kappa shape index (κ3) is 2.95. The van der Waals surface area contributed by atoms with E-state index in [0.29, 0.717) is 25.9 Å². The Kier molecular flexibility index (Phi) is 4.33. The highest BCUT2D eigenvalue weighted by atomic mass is 16.2. The van der Waals surface area contributed by atoms with Gasteiger partial charge >= 0.3 is 6.03 Å². The normalized spacial score (nSPS) is 25.7. The fraction of sp³-hybridized carbons (Fsp3) is 0.800. The number of hydrogen-bond acceptors (Lipinski definition) is 4. The van der Waals surface area contributed by atoms with Gasteiger partial charge in [-0.3, -0.25) is 14.5 Å². The summed E-state index contributed by atoms with van der Waals surface area (Å²) in [7, 11) is 2.09. The second kappa shape index (κ2) is 6.24. The van der Waals surface area contributed by atoms with E-state index >= 15 is 0 Å². The number of piperidine rings is 2. The van der Waals surface area contributed by atoms with E-state index in [9.17, 15) is 14.4 Å². The summed E-state index contributed by atoms with van der Waals surface area (Å²) in [6.07, 6.45) is 3.25. The maximum atomic E-state index is 12.6. The average Bonchev–Trinajstić information content (AvgIpc) is 2.86. The Morgan fingerprint density at radius 1 is 1.05 bits per heavy atom. The minimum absolute atomic E-state index is 0.0588. The van der Waals surface area contributed by atoms with Crippen LogP contribution in [0.3, 0.4) is 0 Å². The van der Waals surface area contributed by atoms with E-state index in [-0.39, 0.29) is 36.3 Å². The van der Waals surface area contributed by atoms with Crippen molar-refractivity contribution in [3.05, 3.63) is 0 Å². The summed E-state index contributed by atoms with van der Waals surface area (Å²) >= 11 is 0. The van der Waals surface area contributed by atoms with E-state index in [4.69, 9.17) is 0 Å². The van der Waals surface area contributed by atoms with Crippen molar-refractivity contribution < 1.29 is 14.4 Å². The van der Waals surface area contributed by atoms with Crippen LogP contribution in [0.5, 0.6) is 0 Å². The molecule has 1 N–H and O–H groups in total. The van der Waals surface area contributed by atoms with Crippen molar-refractivity contribution in [2.45, 2.75) is 31.7 Å². The van der Waals surface area contributed by atoms with Gasteiger partial charge in [0, 0.05) is 25.0 Å². The fourth-order valence-corrected chi connectivity index (χ4v) is 3.66. The van der Waals surface area contributed by atoms with Crippen LogP contribution in [0.15, 0.2) is 0 Å². The maximum Gasteiger partial charge on any atom is 0.324 e. The lowest BCUT2D eigenvalue weighted by atomic mass is 9.94. The highest BCUT2D eigenvalue weighted by Gasteiger charge is 2.38. The van der Waals surface area contributed by atoms with Crippen LogP contribution in [0.25, 0.3) is 0 Å². The van der Waals surface area contributed by atoms with E-state index in [1.807, 2.05) is 4.90 Å². The zero-order chi connectivity index (χ0) is 15.7. The Bertz CT molecular complexity index is 449. The Hall–Kier alpha value is -1.63. The number of nitrogens with zero attached hydrogens (tertiary/aromatic N) is 3. The topological polar surface area (TPSA) is 73.0 Å². The molecule has 0 aromatic heterocycles. The van der Waals surface area contributed by atoms with E-state index in [0.717, 1.165) is 25.9 Å². The molecule has 0 atom stereocenters. The molecule has 7 heteroatoms. The predicted octanol–water partition coefficient (Wildman–Crippen LogP) is -0.129. The number of hydrogen-bond donors (Lipinski definition) is 1. The number of rotatable bonds is 2. The molecule has 0 aromatic carbocycles. The van der Waals surface area contributed by atoms with Crippen molar-refractivity contribution in [2.75, 3.05) is 39.8 Å². The predicted molar refractivity (Wildman–Crippen MR) is 80.1 cm³/mol. The average molecular weight is 308 g/mol. The van der Waals surface area contributed by atoms with Gasteiger partial charge in [0.15, 0.2) is 0 Å². The smallest absolute Gasteiger partial charge is 0.324 e. The number of carbonyl (C=O) groups excluding carboxylic acids is 3. The fourth-order valence-electron chi connectivity index (χ4n) is 3.66. The third-order valence-electron chi connectivity index (χ3n) is 5.09. The Morgan fingerprint density at radius 2 is 1.68 bits per heavy atom. The second-order valence-corrected chi connectivity index (χ2v) is 6.56. The Balaban J connectivity index is 1.52. The molecule has 4 amide bonds. The van der Waals surface area contributed by atoms with Crippen molar-refractivity contribution in [1.82, 2.24) is 20.0 Å². The minimum atomic E-state index is -0.287. The molecule has 122 valence electrons.